The van der Waals surface area contributed by atoms with Gasteiger partial charge in [-0.25, -0.2) is 4.79 Å². The van der Waals surface area contributed by atoms with Crippen LogP contribution in [0.1, 0.15) is 34.0 Å². The molecule has 0 aliphatic carbocycles. The molecule has 0 saturated heterocycles. The number of methoxy groups -OCH3 is 1. The zero-order valence-electron chi connectivity index (χ0n) is 19.8. The number of anilines is 1. The van der Waals surface area contributed by atoms with Crippen LogP contribution in [0.2, 0.25) is 0 Å². The second-order valence-corrected chi connectivity index (χ2v) is 7.61. The summed E-state index contributed by atoms with van der Waals surface area (Å²) in [5, 5.41) is 12.2. The first-order valence-electron chi connectivity index (χ1n) is 11.0. The van der Waals surface area contributed by atoms with E-state index in [0.29, 0.717) is 41.5 Å². The molecule has 0 bridgehead atoms. The molecule has 1 N–H and O–H groups in total. The second-order valence-electron chi connectivity index (χ2n) is 7.61. The number of nitriles is 1. The van der Waals surface area contributed by atoms with Gasteiger partial charge in [0, 0.05) is 5.69 Å². The number of rotatable bonds is 9. The van der Waals surface area contributed by atoms with Crippen molar-refractivity contribution >= 4 is 23.6 Å². The molecule has 7 heteroatoms. The Labute approximate surface area is 204 Å². The van der Waals surface area contributed by atoms with Crippen LogP contribution in [0.15, 0.2) is 72.3 Å². The Morgan fingerprint density at radius 1 is 0.971 bits per heavy atom. The van der Waals surface area contributed by atoms with Crippen LogP contribution in [0.5, 0.6) is 11.5 Å². The minimum Gasteiger partial charge on any atom is -0.490 e. The molecule has 0 aliphatic rings. The zero-order valence-corrected chi connectivity index (χ0v) is 19.8. The number of amides is 1. The molecule has 0 spiro atoms. The van der Waals surface area contributed by atoms with Crippen LogP contribution >= 0.6 is 0 Å². The quantitative estimate of drug-likeness (QED) is 0.259. The predicted octanol–water partition coefficient (Wildman–Crippen LogP) is 5.31. The molecule has 35 heavy (non-hydrogen) atoms. The first kappa shape index (κ1) is 25.1. The van der Waals surface area contributed by atoms with Crippen molar-refractivity contribution in [3.63, 3.8) is 0 Å². The number of esters is 1. The van der Waals surface area contributed by atoms with Gasteiger partial charge in [-0.2, -0.15) is 5.26 Å². The number of hydrogen-bond donors (Lipinski definition) is 1. The lowest BCUT2D eigenvalue weighted by Gasteiger charge is -2.13. The number of carbonyl (C=O) groups is 2. The van der Waals surface area contributed by atoms with Gasteiger partial charge in [0.1, 0.15) is 18.2 Å². The molecule has 0 atom stereocenters. The molecule has 0 fully saturated rings. The summed E-state index contributed by atoms with van der Waals surface area (Å²) >= 11 is 0. The third kappa shape index (κ3) is 6.95. The number of aryl methyl sites for hydroxylation is 1. The van der Waals surface area contributed by atoms with E-state index < -0.39 is 11.9 Å². The monoisotopic (exact) mass is 470 g/mol. The molecule has 7 nitrogen and oxygen atoms in total. The summed E-state index contributed by atoms with van der Waals surface area (Å²) in [6.45, 7) is 4.71. The van der Waals surface area contributed by atoms with Gasteiger partial charge >= 0.3 is 5.97 Å². The first-order valence-corrected chi connectivity index (χ1v) is 11.0. The Hall–Kier alpha value is -4.57. The number of hydrogen-bond acceptors (Lipinski definition) is 6. The fraction of sp³-hybridized carbons (Fsp3) is 0.179. The predicted molar refractivity (Wildman–Crippen MR) is 133 cm³/mol. The summed E-state index contributed by atoms with van der Waals surface area (Å²) in [5.74, 6) is 0.0375. The van der Waals surface area contributed by atoms with Crippen LogP contribution < -0.4 is 14.8 Å². The van der Waals surface area contributed by atoms with Gasteiger partial charge in [-0.3, -0.25) is 4.79 Å². The van der Waals surface area contributed by atoms with Gasteiger partial charge in [-0.15, -0.1) is 0 Å². The van der Waals surface area contributed by atoms with Crippen molar-refractivity contribution < 1.29 is 23.8 Å². The highest BCUT2D eigenvalue weighted by atomic mass is 16.5. The molecule has 0 radical (unpaired) electrons. The normalized spacial score (nSPS) is 10.7. The number of benzene rings is 3. The fourth-order valence-corrected chi connectivity index (χ4v) is 3.17. The molecule has 0 unspecified atom stereocenters. The topological polar surface area (TPSA) is 97.7 Å². The van der Waals surface area contributed by atoms with E-state index in [-0.39, 0.29) is 5.57 Å². The lowest BCUT2D eigenvalue weighted by molar-refractivity contribution is -0.112. The zero-order chi connectivity index (χ0) is 25.2. The number of nitrogens with zero attached hydrogens (tertiary/aromatic N) is 1. The Morgan fingerprint density at radius 2 is 1.69 bits per heavy atom. The average molecular weight is 471 g/mol. The highest BCUT2D eigenvalue weighted by molar-refractivity contribution is 6.09. The number of carbonyl (C=O) groups excluding carboxylic acids is 2. The van der Waals surface area contributed by atoms with E-state index in [9.17, 15) is 14.9 Å². The Morgan fingerprint density at radius 3 is 2.31 bits per heavy atom. The molecular formula is C28H26N2O5. The summed E-state index contributed by atoms with van der Waals surface area (Å²) in [4.78, 5) is 24.2. The Bertz CT molecular complexity index is 1260. The smallest absolute Gasteiger partial charge is 0.337 e. The summed E-state index contributed by atoms with van der Waals surface area (Å²) in [6, 6.07) is 21.4. The Balaban J connectivity index is 1.74. The molecule has 3 rings (SSSR count). The van der Waals surface area contributed by atoms with Crippen molar-refractivity contribution in [1.29, 1.82) is 5.26 Å². The highest BCUT2D eigenvalue weighted by Gasteiger charge is 2.13. The SMILES string of the molecule is CCOc1cc(/C=C(\C#N)C(=O)Nc2ccc(C(=O)OC)cc2)ccc1OCc1ccc(C)cc1. The first-order chi connectivity index (χ1) is 16.9. The summed E-state index contributed by atoms with van der Waals surface area (Å²) < 4.78 is 16.3. The van der Waals surface area contributed by atoms with Gasteiger partial charge in [0.15, 0.2) is 11.5 Å². The third-order valence-electron chi connectivity index (χ3n) is 5.02. The van der Waals surface area contributed by atoms with Crippen molar-refractivity contribution in [2.75, 3.05) is 19.0 Å². The molecule has 0 aliphatic heterocycles. The second kappa shape index (κ2) is 12.1. The molecule has 178 valence electrons. The van der Waals surface area contributed by atoms with Crippen LogP contribution in [0.3, 0.4) is 0 Å². The summed E-state index contributed by atoms with van der Waals surface area (Å²) in [6.07, 6.45) is 1.48. The minimum absolute atomic E-state index is 0.0854. The van der Waals surface area contributed by atoms with Gasteiger partial charge in [0.2, 0.25) is 0 Å². The third-order valence-corrected chi connectivity index (χ3v) is 5.02. The van der Waals surface area contributed by atoms with Crippen molar-refractivity contribution in [1.82, 2.24) is 0 Å². The van der Waals surface area contributed by atoms with E-state index in [2.05, 4.69) is 10.1 Å². The Kier molecular flexibility index (Phi) is 8.63. The molecule has 3 aromatic carbocycles. The standard InChI is InChI=1S/C28H26N2O5/c1-4-34-26-16-21(9-14-25(26)35-18-20-7-5-19(2)6-8-20)15-23(17-29)27(31)30-24-12-10-22(11-13-24)28(32)33-3/h5-16H,4,18H2,1-3H3,(H,30,31)/b23-15+. The maximum Gasteiger partial charge on any atom is 0.337 e. The number of ether oxygens (including phenoxy) is 3. The molecule has 1 amide bonds. The van der Waals surface area contributed by atoms with Crippen molar-refractivity contribution in [3.8, 4) is 17.6 Å². The van der Waals surface area contributed by atoms with E-state index >= 15 is 0 Å². The molecule has 0 heterocycles. The van der Waals surface area contributed by atoms with Crippen molar-refractivity contribution in [3.05, 3.63) is 94.6 Å². The minimum atomic E-state index is -0.573. The van der Waals surface area contributed by atoms with Crippen LogP contribution in [0, 0.1) is 18.3 Å². The fourth-order valence-electron chi connectivity index (χ4n) is 3.17. The summed E-state index contributed by atoms with van der Waals surface area (Å²) in [5.41, 5.74) is 3.54. The van der Waals surface area contributed by atoms with E-state index in [1.54, 1.807) is 30.3 Å². The van der Waals surface area contributed by atoms with Crippen molar-refractivity contribution in [2.45, 2.75) is 20.5 Å². The van der Waals surface area contributed by atoms with Crippen LogP contribution in [0.4, 0.5) is 5.69 Å². The van der Waals surface area contributed by atoms with E-state index in [0.717, 1.165) is 5.56 Å². The molecule has 0 aromatic heterocycles. The van der Waals surface area contributed by atoms with Crippen LogP contribution in [0.25, 0.3) is 6.08 Å². The van der Waals surface area contributed by atoms with E-state index in [1.807, 2.05) is 44.2 Å². The lowest BCUT2D eigenvalue weighted by Crippen LogP contribution is -2.13. The maximum atomic E-state index is 12.6. The van der Waals surface area contributed by atoms with Gasteiger partial charge < -0.3 is 19.5 Å². The van der Waals surface area contributed by atoms with Gasteiger partial charge in [0.05, 0.1) is 19.3 Å². The van der Waals surface area contributed by atoms with Crippen molar-refractivity contribution in [2.24, 2.45) is 0 Å². The van der Waals surface area contributed by atoms with E-state index in [4.69, 9.17) is 9.47 Å². The largest absolute Gasteiger partial charge is 0.490 e. The van der Waals surface area contributed by atoms with Crippen LogP contribution in [-0.2, 0) is 16.1 Å². The maximum absolute atomic E-state index is 12.6. The van der Waals surface area contributed by atoms with Gasteiger partial charge in [-0.05, 0) is 67.4 Å². The van der Waals surface area contributed by atoms with E-state index in [1.165, 1.54) is 30.9 Å². The summed E-state index contributed by atoms with van der Waals surface area (Å²) in [7, 11) is 1.29. The van der Waals surface area contributed by atoms with Crippen LogP contribution in [-0.4, -0.2) is 25.6 Å². The molecule has 3 aromatic rings. The van der Waals surface area contributed by atoms with Gasteiger partial charge in [0.25, 0.3) is 5.91 Å². The number of nitrogens with one attached hydrogen (secondary N) is 1. The van der Waals surface area contributed by atoms with Gasteiger partial charge in [-0.1, -0.05) is 35.9 Å². The molecule has 0 saturated carbocycles. The average Bonchev–Trinajstić information content (AvgIpc) is 2.87. The lowest BCUT2D eigenvalue weighted by atomic mass is 10.1. The highest BCUT2D eigenvalue weighted by Crippen LogP contribution is 2.30. The molecular weight excluding hydrogens is 444 g/mol.